The van der Waals surface area contributed by atoms with Gasteiger partial charge in [0.1, 0.15) is 24.4 Å². The molecule has 0 aromatic rings. The first-order chi connectivity index (χ1) is 36.3. The Morgan fingerprint density at radius 2 is 0.770 bits per heavy atom. The molecule has 0 bridgehead atoms. The number of ether oxygens (including phenoxy) is 2. The molecule has 1 aliphatic heterocycles. The number of nitrogens with one attached hydrogen (secondary N) is 1. The van der Waals surface area contributed by atoms with Gasteiger partial charge in [-0.25, -0.2) is 0 Å². The fraction of sp³-hybridized carbons (Fsp3) is 0.892. The third-order valence-electron chi connectivity index (χ3n) is 15.4. The number of aliphatic hydroxyl groups excluding tert-OH is 5. The topological polar surface area (TPSA) is 149 Å². The van der Waals surface area contributed by atoms with Gasteiger partial charge >= 0.3 is 0 Å². The highest BCUT2D eigenvalue weighted by atomic mass is 16.7. The highest BCUT2D eigenvalue weighted by Gasteiger charge is 2.44. The van der Waals surface area contributed by atoms with Crippen LogP contribution in [-0.4, -0.2) is 87.5 Å². The van der Waals surface area contributed by atoms with E-state index in [0.29, 0.717) is 6.42 Å². The molecule has 1 aliphatic rings. The van der Waals surface area contributed by atoms with Crippen LogP contribution in [0.15, 0.2) is 36.5 Å². The maximum absolute atomic E-state index is 13.1. The Morgan fingerprint density at radius 3 is 1.14 bits per heavy atom. The summed E-state index contributed by atoms with van der Waals surface area (Å²) in [5.74, 6) is -0.186. The van der Waals surface area contributed by atoms with Crippen LogP contribution in [0, 0.1) is 0 Å². The summed E-state index contributed by atoms with van der Waals surface area (Å²) in [6, 6.07) is -0.827. The predicted octanol–water partition coefficient (Wildman–Crippen LogP) is 16.7. The largest absolute Gasteiger partial charge is 0.394 e. The molecule has 1 saturated heterocycles. The second-order valence-corrected chi connectivity index (χ2v) is 22.5. The van der Waals surface area contributed by atoms with E-state index in [2.05, 4.69) is 43.5 Å². The summed E-state index contributed by atoms with van der Waals surface area (Å²) in [7, 11) is 0. The SMILES string of the molecule is CCCCCCCCCCCCCCCCCCCCCCCCC/C=C/CC/C=C/CC/C=C/C(O)C(COC1OC(CO)C(O)C(O)C1O)NC(=O)CCCCCCCCCCCCCCCCCCCC. The van der Waals surface area contributed by atoms with E-state index in [4.69, 9.17) is 9.47 Å². The van der Waals surface area contributed by atoms with Crippen LogP contribution < -0.4 is 5.32 Å². The molecular formula is C65H123NO8. The molecule has 0 spiro atoms. The van der Waals surface area contributed by atoms with Crippen molar-refractivity contribution < 1.29 is 39.8 Å². The first-order valence-electron chi connectivity index (χ1n) is 32.2. The van der Waals surface area contributed by atoms with Crippen molar-refractivity contribution in [3.05, 3.63) is 36.5 Å². The average molecular weight is 1050 g/mol. The second kappa shape index (κ2) is 54.8. The van der Waals surface area contributed by atoms with Gasteiger partial charge in [-0.05, 0) is 44.9 Å². The highest BCUT2D eigenvalue weighted by molar-refractivity contribution is 5.76. The zero-order valence-corrected chi connectivity index (χ0v) is 48.6. The molecule has 6 N–H and O–H groups in total. The lowest BCUT2D eigenvalue weighted by Gasteiger charge is -2.40. The molecule has 7 atom stereocenters. The first kappa shape index (κ1) is 70.4. The first-order valence-corrected chi connectivity index (χ1v) is 32.2. The minimum atomic E-state index is -1.57. The fourth-order valence-electron chi connectivity index (χ4n) is 10.4. The van der Waals surface area contributed by atoms with Crippen molar-refractivity contribution in [3.63, 3.8) is 0 Å². The van der Waals surface area contributed by atoms with E-state index in [1.165, 1.54) is 250 Å². The van der Waals surface area contributed by atoms with E-state index in [1.807, 2.05) is 6.08 Å². The number of allylic oxidation sites excluding steroid dienone is 5. The fourth-order valence-corrected chi connectivity index (χ4v) is 10.4. The third kappa shape index (κ3) is 43.4. The Morgan fingerprint density at radius 1 is 0.446 bits per heavy atom. The number of unbranched alkanes of at least 4 members (excludes halogenated alkanes) is 42. The second-order valence-electron chi connectivity index (χ2n) is 22.5. The van der Waals surface area contributed by atoms with Gasteiger partial charge in [0, 0.05) is 6.42 Å². The van der Waals surface area contributed by atoms with Crippen LogP contribution in [0.1, 0.15) is 316 Å². The van der Waals surface area contributed by atoms with Crippen LogP contribution in [0.4, 0.5) is 0 Å². The van der Waals surface area contributed by atoms with Gasteiger partial charge in [0.25, 0.3) is 0 Å². The van der Waals surface area contributed by atoms with Crippen molar-refractivity contribution in [2.75, 3.05) is 13.2 Å². The molecule has 1 amide bonds. The standard InChI is InChI=1S/C65H123NO8/c1-3-5-7-9-11-13-15-17-19-21-23-24-25-26-27-28-29-30-31-32-33-34-35-36-37-38-40-42-44-46-48-50-52-54-59(68)58(57-73-65-64(72)63(71)62(70)60(56-67)74-65)66-61(69)55-53-51-49-47-45-43-41-39-22-20-18-16-14-12-10-8-6-4-2/h37-38,44,46,52,54,58-60,62-65,67-68,70-72H,3-36,39-43,45,47-51,53,55-57H2,1-2H3,(H,66,69)/b38-37+,46-44+,54-52+. The summed E-state index contributed by atoms with van der Waals surface area (Å²) in [6.45, 7) is 3.80. The highest BCUT2D eigenvalue weighted by Crippen LogP contribution is 2.23. The Hall–Kier alpha value is -1.59. The number of carbonyl (C=O) groups is 1. The van der Waals surface area contributed by atoms with Crippen molar-refractivity contribution in [3.8, 4) is 0 Å². The predicted molar refractivity (Wildman–Crippen MR) is 313 cm³/mol. The van der Waals surface area contributed by atoms with Gasteiger partial charge in [-0.3, -0.25) is 4.79 Å². The number of hydrogen-bond donors (Lipinski definition) is 6. The summed E-state index contributed by atoms with van der Waals surface area (Å²) >= 11 is 0. The lowest BCUT2D eigenvalue weighted by molar-refractivity contribution is -0.302. The quantitative estimate of drug-likeness (QED) is 0.0261. The minimum absolute atomic E-state index is 0.186. The van der Waals surface area contributed by atoms with Gasteiger partial charge < -0.3 is 40.3 Å². The third-order valence-corrected chi connectivity index (χ3v) is 15.4. The van der Waals surface area contributed by atoms with Crippen molar-refractivity contribution in [1.82, 2.24) is 5.32 Å². The molecular weight excluding hydrogens is 923 g/mol. The molecule has 9 nitrogen and oxygen atoms in total. The van der Waals surface area contributed by atoms with Crippen molar-refractivity contribution in [2.45, 2.75) is 358 Å². The Bertz CT molecular complexity index is 1260. The van der Waals surface area contributed by atoms with Crippen LogP contribution in [0.5, 0.6) is 0 Å². The van der Waals surface area contributed by atoms with Crippen LogP contribution >= 0.6 is 0 Å². The smallest absolute Gasteiger partial charge is 0.220 e. The number of hydrogen-bond acceptors (Lipinski definition) is 8. The number of rotatable bonds is 56. The van der Waals surface area contributed by atoms with Gasteiger partial charge in [-0.1, -0.05) is 301 Å². The molecule has 0 aromatic heterocycles. The molecule has 9 heteroatoms. The Kier molecular flexibility index (Phi) is 52.1. The van der Waals surface area contributed by atoms with E-state index >= 15 is 0 Å². The van der Waals surface area contributed by atoms with E-state index in [1.54, 1.807) is 6.08 Å². The van der Waals surface area contributed by atoms with E-state index in [-0.39, 0.29) is 12.5 Å². The van der Waals surface area contributed by atoms with Crippen LogP contribution in [0.25, 0.3) is 0 Å². The zero-order chi connectivity index (χ0) is 53.6. The lowest BCUT2D eigenvalue weighted by atomic mass is 9.99. The van der Waals surface area contributed by atoms with Gasteiger partial charge in [-0.15, -0.1) is 0 Å². The van der Waals surface area contributed by atoms with E-state index in [9.17, 15) is 30.3 Å². The monoisotopic (exact) mass is 1050 g/mol. The summed E-state index contributed by atoms with van der Waals surface area (Å²) in [4.78, 5) is 13.1. The summed E-state index contributed by atoms with van der Waals surface area (Å²) in [5.41, 5.74) is 0. The molecule has 0 aromatic carbocycles. The van der Waals surface area contributed by atoms with Crippen LogP contribution in [-0.2, 0) is 14.3 Å². The van der Waals surface area contributed by atoms with Gasteiger partial charge in [0.2, 0.25) is 5.91 Å². The summed E-state index contributed by atoms with van der Waals surface area (Å²) in [6.07, 6.45) is 65.3. The molecule has 74 heavy (non-hydrogen) atoms. The maximum atomic E-state index is 13.1. The van der Waals surface area contributed by atoms with Crippen molar-refractivity contribution >= 4 is 5.91 Å². The van der Waals surface area contributed by atoms with Gasteiger partial charge in [0.15, 0.2) is 6.29 Å². The molecule has 1 fully saturated rings. The number of amides is 1. The number of carbonyl (C=O) groups excluding carboxylic acids is 1. The summed E-state index contributed by atoms with van der Waals surface area (Å²) in [5, 5.41) is 54.6. The molecule has 0 radical (unpaired) electrons. The van der Waals surface area contributed by atoms with Crippen LogP contribution in [0.2, 0.25) is 0 Å². The molecule has 1 heterocycles. The molecule has 0 aliphatic carbocycles. The Balaban J connectivity index is 2.17. The lowest BCUT2D eigenvalue weighted by Crippen LogP contribution is -2.60. The van der Waals surface area contributed by atoms with E-state index < -0.39 is 49.5 Å². The average Bonchev–Trinajstić information content (AvgIpc) is 3.40. The van der Waals surface area contributed by atoms with Gasteiger partial charge in [0.05, 0.1) is 25.4 Å². The van der Waals surface area contributed by atoms with Crippen molar-refractivity contribution in [2.24, 2.45) is 0 Å². The van der Waals surface area contributed by atoms with Crippen molar-refractivity contribution in [1.29, 1.82) is 0 Å². The molecule has 436 valence electrons. The normalized spacial score (nSPS) is 19.1. The van der Waals surface area contributed by atoms with Crippen LogP contribution in [0.3, 0.4) is 0 Å². The minimum Gasteiger partial charge on any atom is -0.394 e. The molecule has 0 saturated carbocycles. The Labute approximate surface area is 457 Å². The number of aliphatic hydroxyl groups is 5. The van der Waals surface area contributed by atoms with E-state index in [0.717, 1.165) is 44.9 Å². The molecule has 7 unspecified atom stereocenters. The maximum Gasteiger partial charge on any atom is 0.220 e. The molecule has 1 rings (SSSR count). The van der Waals surface area contributed by atoms with Gasteiger partial charge in [-0.2, -0.15) is 0 Å². The zero-order valence-electron chi connectivity index (χ0n) is 48.6. The summed E-state index contributed by atoms with van der Waals surface area (Å²) < 4.78 is 11.3.